The van der Waals surface area contributed by atoms with Crippen molar-refractivity contribution < 1.29 is 9.59 Å². The Kier molecular flexibility index (Phi) is 7.11. The van der Waals surface area contributed by atoms with Crippen LogP contribution in [0.5, 0.6) is 0 Å². The van der Waals surface area contributed by atoms with Crippen LogP contribution >= 0.6 is 0 Å². The Labute approximate surface area is 200 Å². The van der Waals surface area contributed by atoms with E-state index in [-0.39, 0.29) is 17.9 Å². The van der Waals surface area contributed by atoms with E-state index in [9.17, 15) is 9.59 Å². The highest BCUT2D eigenvalue weighted by molar-refractivity contribution is 5.98. The fraction of sp³-hybridized carbons (Fsp3) is 0.296. The fourth-order valence-corrected chi connectivity index (χ4v) is 4.32. The summed E-state index contributed by atoms with van der Waals surface area (Å²) in [6.45, 7) is 0.489. The minimum Gasteiger partial charge on any atom is -0.351 e. The monoisotopic (exact) mass is 457 g/mol. The van der Waals surface area contributed by atoms with Gasteiger partial charge in [0, 0.05) is 50.9 Å². The average molecular weight is 458 g/mol. The number of nitrogens with one attached hydrogen (secondary N) is 1. The predicted octanol–water partition coefficient (Wildman–Crippen LogP) is 3.81. The molecule has 0 spiro atoms. The molecular formula is C27H31N5O2. The minimum absolute atomic E-state index is 0.0222. The number of amides is 2. The molecule has 2 aromatic heterocycles. The van der Waals surface area contributed by atoms with E-state index in [0.29, 0.717) is 24.2 Å². The van der Waals surface area contributed by atoms with Crippen LogP contribution in [0, 0.1) is 0 Å². The number of aryl methyl sites for hydroxylation is 3. The van der Waals surface area contributed by atoms with Crippen LogP contribution in [0.3, 0.4) is 0 Å². The summed E-state index contributed by atoms with van der Waals surface area (Å²) in [4.78, 5) is 27.7. The van der Waals surface area contributed by atoms with Gasteiger partial charge < -0.3 is 14.8 Å². The van der Waals surface area contributed by atoms with Crippen LogP contribution in [-0.4, -0.2) is 50.7 Å². The number of aromatic nitrogens is 3. The summed E-state index contributed by atoms with van der Waals surface area (Å²) >= 11 is 0. The molecule has 0 bridgehead atoms. The summed E-state index contributed by atoms with van der Waals surface area (Å²) in [6.07, 6.45) is 5.96. The second kappa shape index (κ2) is 10.4. The van der Waals surface area contributed by atoms with E-state index in [1.54, 1.807) is 21.5 Å². The maximum absolute atomic E-state index is 13.4. The third-order valence-corrected chi connectivity index (χ3v) is 6.41. The van der Waals surface area contributed by atoms with Gasteiger partial charge in [-0.3, -0.25) is 14.3 Å². The first-order valence-electron chi connectivity index (χ1n) is 11.6. The van der Waals surface area contributed by atoms with Gasteiger partial charge in [0.2, 0.25) is 0 Å². The maximum Gasteiger partial charge on any atom is 0.267 e. The van der Waals surface area contributed by atoms with E-state index >= 15 is 0 Å². The highest BCUT2D eigenvalue weighted by Crippen LogP contribution is 2.19. The van der Waals surface area contributed by atoms with Gasteiger partial charge in [0.1, 0.15) is 5.69 Å². The summed E-state index contributed by atoms with van der Waals surface area (Å²) in [6, 6.07) is 19.6. The number of rotatable bonds is 9. The molecule has 0 saturated carbocycles. The lowest BCUT2D eigenvalue weighted by atomic mass is 10.0. The smallest absolute Gasteiger partial charge is 0.267 e. The van der Waals surface area contributed by atoms with Crippen LogP contribution in [0.2, 0.25) is 0 Å². The van der Waals surface area contributed by atoms with E-state index in [0.717, 1.165) is 23.7 Å². The van der Waals surface area contributed by atoms with Crippen LogP contribution in [0.25, 0.3) is 10.9 Å². The van der Waals surface area contributed by atoms with Gasteiger partial charge >= 0.3 is 0 Å². The van der Waals surface area contributed by atoms with E-state index in [4.69, 9.17) is 0 Å². The number of carbonyl (C=O) groups is 2. The highest BCUT2D eigenvalue weighted by Gasteiger charge is 2.22. The first-order chi connectivity index (χ1) is 16.4. The number of hydrogen-bond acceptors (Lipinski definition) is 3. The number of nitrogens with zero attached hydrogens (tertiary/aromatic N) is 4. The zero-order chi connectivity index (χ0) is 24.1. The Hall–Kier alpha value is -3.87. The van der Waals surface area contributed by atoms with Gasteiger partial charge in [-0.15, -0.1) is 0 Å². The molecule has 1 N–H and O–H groups in total. The van der Waals surface area contributed by atoms with Gasteiger partial charge in [-0.05, 0) is 55.2 Å². The van der Waals surface area contributed by atoms with Crippen molar-refractivity contribution in [1.29, 1.82) is 0 Å². The Morgan fingerprint density at radius 3 is 2.56 bits per heavy atom. The van der Waals surface area contributed by atoms with Gasteiger partial charge in [-0.2, -0.15) is 5.10 Å². The topological polar surface area (TPSA) is 72.2 Å². The van der Waals surface area contributed by atoms with Crippen molar-refractivity contribution in [1.82, 2.24) is 24.6 Å². The van der Waals surface area contributed by atoms with E-state index in [2.05, 4.69) is 22.5 Å². The summed E-state index contributed by atoms with van der Waals surface area (Å²) in [5.74, 6) is -0.136. The van der Waals surface area contributed by atoms with Gasteiger partial charge in [0.05, 0.1) is 11.7 Å². The number of hydrogen-bond donors (Lipinski definition) is 1. The highest BCUT2D eigenvalue weighted by atomic mass is 16.2. The number of carbonyl (C=O) groups excluding carboxylic acids is 2. The van der Waals surface area contributed by atoms with E-state index in [1.165, 1.54) is 5.56 Å². The van der Waals surface area contributed by atoms with E-state index in [1.807, 2.05) is 74.7 Å². The van der Waals surface area contributed by atoms with Crippen molar-refractivity contribution in [3.8, 4) is 0 Å². The lowest BCUT2D eigenvalue weighted by Gasteiger charge is -2.29. The molecule has 176 valence electrons. The molecule has 0 aliphatic rings. The van der Waals surface area contributed by atoms with Crippen LogP contribution in [-0.2, 0) is 20.5 Å². The predicted molar refractivity (Wildman–Crippen MR) is 134 cm³/mol. The van der Waals surface area contributed by atoms with Crippen molar-refractivity contribution in [2.24, 2.45) is 14.1 Å². The van der Waals surface area contributed by atoms with Crippen LogP contribution in [0.4, 0.5) is 0 Å². The Bertz CT molecular complexity index is 1270. The maximum atomic E-state index is 13.4. The molecule has 4 rings (SSSR count). The summed E-state index contributed by atoms with van der Waals surface area (Å²) in [5, 5.41) is 8.22. The van der Waals surface area contributed by atoms with Crippen molar-refractivity contribution in [2.75, 3.05) is 13.6 Å². The van der Waals surface area contributed by atoms with E-state index < -0.39 is 0 Å². The fourth-order valence-electron chi connectivity index (χ4n) is 4.32. The van der Waals surface area contributed by atoms with Crippen molar-refractivity contribution in [3.05, 3.63) is 89.9 Å². The molecule has 0 saturated heterocycles. The molecule has 1 atom stereocenters. The molecule has 2 aromatic carbocycles. The third-order valence-electron chi connectivity index (χ3n) is 6.41. The molecule has 7 heteroatoms. The summed E-state index contributed by atoms with van der Waals surface area (Å²) in [7, 11) is 5.59. The molecule has 4 aromatic rings. The standard InChI is InChI=1S/C27H31N5O2/c1-30-17-7-10-25(30)26(33)28-16-15-23(13-11-20-8-5-4-6-9-20)31(2)27(34)21-12-14-24-22(18-21)19-29-32(24)3/h4-10,12,14,17-19,23H,11,13,15-16H2,1-3H3,(H,28,33). The molecule has 34 heavy (non-hydrogen) atoms. The van der Waals surface area contributed by atoms with Gasteiger partial charge in [-0.1, -0.05) is 30.3 Å². The Morgan fingerprint density at radius 2 is 1.82 bits per heavy atom. The SMILES string of the molecule is CN(C(=O)c1ccc2c(cnn2C)c1)C(CCNC(=O)c1cccn1C)CCc1ccccc1. The Morgan fingerprint density at radius 1 is 1.03 bits per heavy atom. The third kappa shape index (κ3) is 5.20. The van der Waals surface area contributed by atoms with Gasteiger partial charge in [-0.25, -0.2) is 0 Å². The second-order valence-electron chi connectivity index (χ2n) is 8.68. The molecule has 7 nitrogen and oxygen atoms in total. The second-order valence-corrected chi connectivity index (χ2v) is 8.68. The number of fused-ring (bicyclic) bond motifs is 1. The zero-order valence-electron chi connectivity index (χ0n) is 19.9. The van der Waals surface area contributed by atoms with Crippen LogP contribution < -0.4 is 5.32 Å². The summed E-state index contributed by atoms with van der Waals surface area (Å²) in [5.41, 5.74) is 3.48. The van der Waals surface area contributed by atoms with Crippen molar-refractivity contribution in [3.63, 3.8) is 0 Å². The summed E-state index contributed by atoms with van der Waals surface area (Å²) < 4.78 is 3.60. The molecule has 0 radical (unpaired) electrons. The molecule has 0 aliphatic heterocycles. The lowest BCUT2D eigenvalue weighted by molar-refractivity contribution is 0.0715. The normalized spacial score (nSPS) is 12.0. The average Bonchev–Trinajstić information content (AvgIpc) is 3.45. The minimum atomic E-state index is -0.106. The molecular weight excluding hydrogens is 426 g/mol. The molecule has 0 fully saturated rings. The van der Waals surface area contributed by atoms with Crippen molar-refractivity contribution in [2.45, 2.75) is 25.3 Å². The largest absolute Gasteiger partial charge is 0.351 e. The molecule has 1 unspecified atom stereocenters. The van der Waals surface area contributed by atoms with Gasteiger partial charge in [0.15, 0.2) is 0 Å². The van der Waals surface area contributed by atoms with Gasteiger partial charge in [0.25, 0.3) is 11.8 Å². The first-order valence-corrected chi connectivity index (χ1v) is 11.6. The molecule has 2 amide bonds. The molecule has 2 heterocycles. The zero-order valence-corrected chi connectivity index (χ0v) is 19.9. The Balaban J connectivity index is 1.46. The quantitative estimate of drug-likeness (QED) is 0.416. The molecule has 0 aliphatic carbocycles. The number of benzene rings is 2. The first kappa shape index (κ1) is 23.3. The lowest BCUT2D eigenvalue weighted by Crippen LogP contribution is -2.40. The van der Waals surface area contributed by atoms with Crippen LogP contribution in [0.1, 0.15) is 39.3 Å². The van der Waals surface area contributed by atoms with Crippen molar-refractivity contribution >= 4 is 22.7 Å². The van der Waals surface area contributed by atoms with Crippen LogP contribution in [0.15, 0.2) is 73.1 Å².